The van der Waals surface area contributed by atoms with Gasteiger partial charge in [0.25, 0.3) is 0 Å². The van der Waals surface area contributed by atoms with Gasteiger partial charge in [0.2, 0.25) is 0 Å². The Kier molecular flexibility index (Phi) is 2.60. The van der Waals surface area contributed by atoms with E-state index in [1.54, 1.807) is 6.08 Å². The van der Waals surface area contributed by atoms with Gasteiger partial charge in [0.05, 0.1) is 6.20 Å². The van der Waals surface area contributed by atoms with Gasteiger partial charge in [0.15, 0.2) is 5.82 Å². The van der Waals surface area contributed by atoms with Crippen LogP contribution in [-0.4, -0.2) is 11.6 Å². The summed E-state index contributed by atoms with van der Waals surface area (Å²) < 4.78 is 17.4. The van der Waals surface area contributed by atoms with Crippen molar-refractivity contribution < 1.29 is 9.13 Å². The van der Waals surface area contributed by atoms with Gasteiger partial charge in [-0.15, -0.1) is 0 Å². The molecule has 2 nitrogen and oxygen atoms in total. The average Bonchev–Trinajstić information content (AvgIpc) is 2.01. The van der Waals surface area contributed by atoms with Crippen molar-refractivity contribution in [2.75, 3.05) is 6.61 Å². The van der Waals surface area contributed by atoms with Crippen LogP contribution in [0.4, 0.5) is 4.39 Å². The quantitative estimate of drug-likeness (QED) is 0.613. The first-order valence-corrected chi connectivity index (χ1v) is 3.10. The Bertz CT molecular complexity index is 250. The first kappa shape index (κ1) is 7.72. The predicted molar refractivity (Wildman–Crippen MR) is 38.7 cm³/mol. The molecule has 0 atom stereocenters. The number of nitrogens with zero attached hydrogens (tertiary/aromatic N) is 1. The Labute approximate surface area is 64.3 Å². The average molecular weight is 152 g/mol. The molecule has 0 aromatic carbocycles. The van der Waals surface area contributed by atoms with Crippen LogP contribution in [0.5, 0.6) is 5.75 Å². The number of hydrogen-bond donors (Lipinski definition) is 0. The van der Waals surface area contributed by atoms with E-state index in [1.807, 2.05) is 0 Å². The predicted octanol–water partition coefficient (Wildman–Crippen LogP) is 1.59. The normalized spacial score (nSPS) is 9.18. The summed E-state index contributed by atoms with van der Waals surface area (Å²) in [7, 11) is 0. The van der Waals surface area contributed by atoms with Crippen LogP contribution in [0.1, 0.15) is 0 Å². The zero-order chi connectivity index (χ0) is 8.10. The minimum Gasteiger partial charge on any atom is -0.488 e. The molecule has 0 aliphatic heterocycles. The molecule has 0 spiro atoms. The maximum Gasteiger partial charge on any atom is 0.154 e. The Balaban J connectivity index is 2.63. The zero-order valence-electron chi connectivity index (χ0n) is 5.88. The molecular formula is C8H7FNO. The lowest BCUT2D eigenvalue weighted by atomic mass is 10.4. The van der Waals surface area contributed by atoms with Gasteiger partial charge in [-0.2, -0.15) is 0 Å². The summed E-state index contributed by atoms with van der Waals surface area (Å²) in [6.45, 7) is 3.80. The highest BCUT2D eigenvalue weighted by molar-refractivity contribution is 5.16. The highest BCUT2D eigenvalue weighted by atomic mass is 19.1. The molecule has 0 fully saturated rings. The molecular weight excluding hydrogens is 145 g/mol. The van der Waals surface area contributed by atoms with Crippen molar-refractivity contribution in [3.8, 4) is 5.75 Å². The summed E-state index contributed by atoms with van der Waals surface area (Å²) in [5.74, 6) is -0.132. The van der Waals surface area contributed by atoms with Crippen LogP contribution in [0, 0.1) is 12.0 Å². The molecule has 1 rings (SSSR count). The van der Waals surface area contributed by atoms with E-state index < -0.39 is 5.82 Å². The van der Waals surface area contributed by atoms with E-state index in [2.05, 4.69) is 17.8 Å². The van der Waals surface area contributed by atoms with Gasteiger partial charge in [0.1, 0.15) is 18.6 Å². The van der Waals surface area contributed by atoms with Gasteiger partial charge in [-0.05, 0) is 0 Å². The van der Waals surface area contributed by atoms with E-state index in [-0.39, 0.29) is 0 Å². The van der Waals surface area contributed by atoms with Crippen molar-refractivity contribution in [2.24, 2.45) is 0 Å². The molecule has 1 radical (unpaired) electrons. The van der Waals surface area contributed by atoms with Crippen LogP contribution in [-0.2, 0) is 0 Å². The molecule has 1 heterocycles. The second-order valence-corrected chi connectivity index (χ2v) is 1.86. The number of rotatable bonds is 3. The summed E-state index contributed by atoms with van der Waals surface area (Å²) >= 11 is 0. The van der Waals surface area contributed by atoms with Crippen molar-refractivity contribution in [3.05, 3.63) is 36.9 Å². The summed E-state index contributed by atoms with van der Waals surface area (Å²) in [6, 6.07) is 1.22. The largest absolute Gasteiger partial charge is 0.488 e. The molecule has 1 aromatic heterocycles. The number of hydrogen-bond acceptors (Lipinski definition) is 2. The lowest BCUT2D eigenvalue weighted by molar-refractivity contribution is 0.359. The Morgan fingerprint density at radius 2 is 2.64 bits per heavy atom. The van der Waals surface area contributed by atoms with Crippen LogP contribution >= 0.6 is 0 Å². The minimum atomic E-state index is -0.522. The van der Waals surface area contributed by atoms with Gasteiger partial charge < -0.3 is 4.74 Å². The first-order valence-electron chi connectivity index (χ1n) is 3.10. The topological polar surface area (TPSA) is 22.1 Å². The zero-order valence-corrected chi connectivity index (χ0v) is 5.88. The maximum absolute atomic E-state index is 12.4. The van der Waals surface area contributed by atoms with E-state index in [9.17, 15) is 4.39 Å². The summed E-state index contributed by atoms with van der Waals surface area (Å²) in [5.41, 5.74) is 0. The fourth-order valence-electron chi connectivity index (χ4n) is 0.586. The number of halogens is 1. The summed E-state index contributed by atoms with van der Waals surface area (Å²) in [5, 5.41) is 0. The molecule has 0 aliphatic rings. The monoisotopic (exact) mass is 152 g/mol. The fourth-order valence-corrected chi connectivity index (χ4v) is 0.586. The molecule has 11 heavy (non-hydrogen) atoms. The highest BCUT2D eigenvalue weighted by Gasteiger charge is 1.94. The molecule has 0 N–H and O–H groups in total. The number of ether oxygens (including phenoxy) is 1. The summed E-state index contributed by atoms with van der Waals surface area (Å²) in [4.78, 5) is 3.48. The van der Waals surface area contributed by atoms with Crippen molar-refractivity contribution >= 4 is 0 Å². The van der Waals surface area contributed by atoms with Gasteiger partial charge >= 0.3 is 0 Å². The van der Waals surface area contributed by atoms with Crippen molar-refractivity contribution in [3.63, 3.8) is 0 Å². The van der Waals surface area contributed by atoms with Gasteiger partial charge in [0, 0.05) is 6.07 Å². The van der Waals surface area contributed by atoms with Gasteiger partial charge in [-0.25, -0.2) is 9.37 Å². The molecule has 1 aromatic rings. The second-order valence-electron chi connectivity index (χ2n) is 1.86. The van der Waals surface area contributed by atoms with Crippen LogP contribution in [0.25, 0.3) is 0 Å². The molecule has 0 saturated heterocycles. The van der Waals surface area contributed by atoms with E-state index in [1.165, 1.54) is 12.3 Å². The van der Waals surface area contributed by atoms with E-state index >= 15 is 0 Å². The van der Waals surface area contributed by atoms with Crippen molar-refractivity contribution in [1.29, 1.82) is 0 Å². The standard InChI is InChI=1S/C8H7FNO/c1-2-3-11-8-4-7(9)5-10-6-8/h2,4,6H,1,3H2. The van der Waals surface area contributed by atoms with Crippen molar-refractivity contribution in [1.82, 2.24) is 4.98 Å². The molecule has 3 heteroatoms. The SMILES string of the molecule is C=CCOc1cn[c]c(F)c1. The first-order chi connectivity index (χ1) is 5.33. The number of aromatic nitrogens is 1. The maximum atomic E-state index is 12.4. The molecule has 57 valence electrons. The van der Waals surface area contributed by atoms with Crippen LogP contribution in [0.3, 0.4) is 0 Å². The summed E-state index contributed by atoms with van der Waals surface area (Å²) in [6.07, 6.45) is 5.10. The number of pyridine rings is 1. The van der Waals surface area contributed by atoms with Crippen LogP contribution in [0.15, 0.2) is 24.9 Å². The Morgan fingerprint density at radius 3 is 3.27 bits per heavy atom. The van der Waals surface area contributed by atoms with Gasteiger partial charge in [-0.3, -0.25) is 0 Å². The molecule has 0 bridgehead atoms. The lowest BCUT2D eigenvalue weighted by Gasteiger charge is -2.00. The Morgan fingerprint density at radius 1 is 1.82 bits per heavy atom. The van der Waals surface area contributed by atoms with Crippen molar-refractivity contribution in [2.45, 2.75) is 0 Å². The Hall–Kier alpha value is -1.38. The third kappa shape index (κ3) is 2.37. The van der Waals surface area contributed by atoms with Crippen LogP contribution < -0.4 is 4.74 Å². The molecule has 0 amide bonds. The van der Waals surface area contributed by atoms with E-state index in [0.29, 0.717) is 12.4 Å². The fraction of sp³-hybridized carbons (Fsp3) is 0.125. The second kappa shape index (κ2) is 3.71. The lowest BCUT2D eigenvalue weighted by Crippen LogP contribution is -1.93. The molecule has 0 saturated carbocycles. The third-order valence-corrected chi connectivity index (χ3v) is 1.000. The van der Waals surface area contributed by atoms with E-state index in [0.717, 1.165) is 0 Å². The molecule has 0 unspecified atom stereocenters. The minimum absolute atomic E-state index is 0.352. The van der Waals surface area contributed by atoms with E-state index in [4.69, 9.17) is 4.74 Å². The van der Waals surface area contributed by atoms with Gasteiger partial charge in [-0.1, -0.05) is 12.7 Å². The van der Waals surface area contributed by atoms with Crippen LogP contribution in [0.2, 0.25) is 0 Å². The molecule has 0 aliphatic carbocycles. The third-order valence-electron chi connectivity index (χ3n) is 1.000. The smallest absolute Gasteiger partial charge is 0.154 e. The highest BCUT2D eigenvalue weighted by Crippen LogP contribution is 2.08.